The van der Waals surface area contributed by atoms with Gasteiger partial charge in [-0.05, 0) is 6.42 Å². The first-order valence-corrected chi connectivity index (χ1v) is 5.79. The minimum Gasteiger partial charge on any atom is -0.361 e. The first kappa shape index (κ1) is 10.1. The summed E-state index contributed by atoms with van der Waals surface area (Å²) in [5, 5.41) is 16.6. The van der Waals surface area contributed by atoms with Gasteiger partial charge in [0.1, 0.15) is 0 Å². The second-order valence-corrected chi connectivity index (χ2v) is 3.99. The molecule has 5 nitrogen and oxygen atoms in total. The largest absolute Gasteiger partial charge is 0.361 e. The molecule has 2 aromatic rings. The summed E-state index contributed by atoms with van der Waals surface area (Å²) < 4.78 is 0. The van der Waals surface area contributed by atoms with E-state index >= 15 is 0 Å². The third kappa shape index (κ3) is 2.76. The summed E-state index contributed by atoms with van der Waals surface area (Å²) in [4.78, 5) is 4.41. The molecule has 0 spiro atoms. The van der Waals surface area contributed by atoms with Crippen LogP contribution in [0.25, 0.3) is 0 Å². The Morgan fingerprint density at radius 3 is 3.07 bits per heavy atom. The molecule has 0 aliphatic carbocycles. The number of H-pyrrole nitrogens is 1. The van der Waals surface area contributed by atoms with Crippen LogP contribution in [-0.4, -0.2) is 26.9 Å². The summed E-state index contributed by atoms with van der Waals surface area (Å²) in [5.41, 5.74) is 2.11. The predicted molar refractivity (Wildman–Crippen MR) is 60.1 cm³/mol. The lowest BCUT2D eigenvalue weighted by atomic mass is 10.3. The summed E-state index contributed by atoms with van der Waals surface area (Å²) in [6, 6.07) is 0. The van der Waals surface area contributed by atoms with Crippen LogP contribution in [0.4, 0.5) is 5.13 Å². The van der Waals surface area contributed by atoms with E-state index in [1.165, 1.54) is 0 Å². The van der Waals surface area contributed by atoms with Crippen LogP contribution in [0, 0.1) is 0 Å². The number of aryl methyl sites for hydroxylation is 1. The van der Waals surface area contributed by atoms with Gasteiger partial charge in [0.2, 0.25) is 0 Å². The Morgan fingerprint density at radius 2 is 2.40 bits per heavy atom. The molecule has 0 bridgehead atoms. The molecule has 0 aromatic carbocycles. The Bertz CT molecular complexity index is 394. The lowest BCUT2D eigenvalue weighted by Crippen LogP contribution is -2.04. The number of hydrogen-bond acceptors (Lipinski definition) is 5. The molecule has 0 aliphatic rings. The maximum atomic E-state index is 4.41. The smallest absolute Gasteiger partial charge is 0.182 e. The van der Waals surface area contributed by atoms with E-state index in [1.807, 2.05) is 0 Å². The quantitative estimate of drug-likeness (QED) is 0.805. The minimum atomic E-state index is 0.837. The van der Waals surface area contributed by atoms with Crippen molar-refractivity contribution in [3.63, 3.8) is 0 Å². The fourth-order valence-corrected chi connectivity index (χ4v) is 2.02. The van der Waals surface area contributed by atoms with Crippen molar-refractivity contribution in [2.45, 2.75) is 19.8 Å². The average Bonchev–Trinajstić information content (AvgIpc) is 2.88. The van der Waals surface area contributed by atoms with Gasteiger partial charge >= 0.3 is 0 Å². The van der Waals surface area contributed by atoms with Crippen LogP contribution in [0.2, 0.25) is 0 Å². The predicted octanol–water partition coefficient (Wildman–Crippen LogP) is 1.48. The van der Waals surface area contributed by atoms with Crippen molar-refractivity contribution >= 4 is 16.5 Å². The molecule has 0 saturated heterocycles. The Hall–Kier alpha value is -1.43. The van der Waals surface area contributed by atoms with E-state index in [1.54, 1.807) is 17.5 Å². The van der Waals surface area contributed by atoms with Crippen molar-refractivity contribution in [3.05, 3.63) is 23.0 Å². The number of anilines is 1. The molecular weight excluding hydrogens is 210 g/mol. The van der Waals surface area contributed by atoms with Crippen molar-refractivity contribution in [1.29, 1.82) is 0 Å². The third-order valence-electron chi connectivity index (χ3n) is 2.04. The highest BCUT2D eigenvalue weighted by atomic mass is 32.1. The summed E-state index contributed by atoms with van der Waals surface area (Å²) in [7, 11) is 0. The molecule has 80 valence electrons. The van der Waals surface area contributed by atoms with E-state index in [9.17, 15) is 0 Å². The van der Waals surface area contributed by atoms with Crippen LogP contribution >= 0.6 is 11.3 Å². The van der Waals surface area contributed by atoms with Crippen LogP contribution in [0.15, 0.2) is 11.6 Å². The molecule has 0 radical (unpaired) electrons. The number of hydrogen-bond donors (Lipinski definition) is 2. The molecule has 0 amide bonds. The molecule has 0 saturated carbocycles. The van der Waals surface area contributed by atoms with Gasteiger partial charge in [0.25, 0.3) is 0 Å². The van der Waals surface area contributed by atoms with Gasteiger partial charge in [-0.3, -0.25) is 0 Å². The van der Waals surface area contributed by atoms with Crippen molar-refractivity contribution in [3.8, 4) is 0 Å². The van der Waals surface area contributed by atoms with Gasteiger partial charge in [0.15, 0.2) is 5.13 Å². The number of nitrogens with one attached hydrogen (secondary N) is 2. The summed E-state index contributed by atoms with van der Waals surface area (Å²) in [6.45, 7) is 2.94. The Labute approximate surface area is 91.9 Å². The zero-order valence-electron chi connectivity index (χ0n) is 8.53. The van der Waals surface area contributed by atoms with Gasteiger partial charge in [0, 0.05) is 18.3 Å². The second kappa shape index (κ2) is 4.88. The maximum Gasteiger partial charge on any atom is 0.182 e. The Kier molecular flexibility index (Phi) is 3.29. The third-order valence-corrected chi connectivity index (χ3v) is 2.89. The lowest BCUT2D eigenvalue weighted by molar-refractivity contribution is 0.890. The molecule has 0 aliphatic heterocycles. The standard InChI is InChI=1S/C9H13N5S/c1-2-7-6-15-9(12-7)10-4-3-8-5-11-14-13-8/h5-6H,2-4H2,1H3,(H,10,12)(H,11,13,14). The highest BCUT2D eigenvalue weighted by molar-refractivity contribution is 7.13. The molecule has 6 heteroatoms. The second-order valence-electron chi connectivity index (χ2n) is 3.14. The van der Waals surface area contributed by atoms with Crippen molar-refractivity contribution < 1.29 is 0 Å². The first-order chi connectivity index (χ1) is 7.38. The van der Waals surface area contributed by atoms with Crippen LogP contribution in [0.5, 0.6) is 0 Å². The molecule has 0 unspecified atom stereocenters. The summed E-state index contributed by atoms with van der Waals surface area (Å²) >= 11 is 1.65. The van der Waals surface area contributed by atoms with Gasteiger partial charge in [-0.2, -0.15) is 15.4 Å². The van der Waals surface area contributed by atoms with Crippen molar-refractivity contribution in [2.24, 2.45) is 0 Å². The fraction of sp³-hybridized carbons (Fsp3) is 0.444. The Balaban J connectivity index is 1.78. The number of aromatic amines is 1. The first-order valence-electron chi connectivity index (χ1n) is 4.91. The lowest BCUT2D eigenvalue weighted by Gasteiger charge is -1.98. The fourth-order valence-electron chi connectivity index (χ4n) is 1.19. The van der Waals surface area contributed by atoms with Crippen molar-refractivity contribution in [1.82, 2.24) is 20.4 Å². The van der Waals surface area contributed by atoms with E-state index in [0.717, 1.165) is 35.9 Å². The Morgan fingerprint density at radius 1 is 1.47 bits per heavy atom. The summed E-state index contributed by atoms with van der Waals surface area (Å²) in [5.74, 6) is 0. The highest BCUT2D eigenvalue weighted by Crippen LogP contribution is 2.15. The average molecular weight is 223 g/mol. The minimum absolute atomic E-state index is 0.837. The van der Waals surface area contributed by atoms with Gasteiger partial charge in [-0.25, -0.2) is 4.98 Å². The number of aromatic nitrogens is 4. The van der Waals surface area contributed by atoms with E-state index in [0.29, 0.717) is 0 Å². The highest BCUT2D eigenvalue weighted by Gasteiger charge is 2.00. The monoisotopic (exact) mass is 223 g/mol. The van der Waals surface area contributed by atoms with Gasteiger partial charge in [0.05, 0.1) is 17.6 Å². The normalized spacial score (nSPS) is 10.5. The number of thiazole rings is 1. The van der Waals surface area contributed by atoms with E-state index in [-0.39, 0.29) is 0 Å². The molecule has 15 heavy (non-hydrogen) atoms. The van der Waals surface area contributed by atoms with E-state index < -0.39 is 0 Å². The molecule has 0 atom stereocenters. The molecule has 2 rings (SSSR count). The zero-order chi connectivity index (χ0) is 10.5. The number of nitrogens with zero attached hydrogens (tertiary/aromatic N) is 3. The van der Waals surface area contributed by atoms with Gasteiger partial charge in [-0.1, -0.05) is 6.92 Å². The summed E-state index contributed by atoms with van der Waals surface area (Å²) in [6.07, 6.45) is 3.58. The topological polar surface area (TPSA) is 66.5 Å². The van der Waals surface area contributed by atoms with Crippen LogP contribution in [-0.2, 0) is 12.8 Å². The van der Waals surface area contributed by atoms with E-state index in [4.69, 9.17) is 0 Å². The molecule has 0 fully saturated rings. The van der Waals surface area contributed by atoms with E-state index in [2.05, 4.69) is 38.0 Å². The maximum absolute atomic E-state index is 4.41. The molecule has 2 aromatic heterocycles. The van der Waals surface area contributed by atoms with Crippen LogP contribution in [0.3, 0.4) is 0 Å². The SMILES string of the molecule is CCc1csc(NCCc2cn[nH]n2)n1. The molecule has 2 heterocycles. The number of rotatable bonds is 5. The van der Waals surface area contributed by atoms with Crippen LogP contribution in [0.1, 0.15) is 18.3 Å². The van der Waals surface area contributed by atoms with Gasteiger partial charge in [-0.15, -0.1) is 11.3 Å². The zero-order valence-corrected chi connectivity index (χ0v) is 9.34. The van der Waals surface area contributed by atoms with Gasteiger partial charge < -0.3 is 5.32 Å². The molecule has 2 N–H and O–H groups in total. The molecular formula is C9H13N5S. The van der Waals surface area contributed by atoms with Crippen molar-refractivity contribution in [2.75, 3.05) is 11.9 Å². The van der Waals surface area contributed by atoms with Crippen LogP contribution < -0.4 is 5.32 Å².